The predicted molar refractivity (Wildman–Crippen MR) is 50.1 cm³/mol. The van der Waals surface area contributed by atoms with E-state index in [1.807, 2.05) is 0 Å². The Morgan fingerprint density at radius 2 is 2.43 bits per heavy atom. The Bertz CT molecular complexity index is 362. The van der Waals surface area contributed by atoms with E-state index in [0.717, 1.165) is 17.9 Å². The second-order valence-electron chi connectivity index (χ2n) is 3.03. The number of ether oxygens (including phenoxy) is 2. The van der Waals surface area contributed by atoms with Crippen LogP contribution in [-0.2, 0) is 11.3 Å². The molecule has 0 aromatic heterocycles. The molecule has 1 aromatic carbocycles. The van der Waals surface area contributed by atoms with Crippen molar-refractivity contribution in [3.05, 3.63) is 29.3 Å². The highest BCUT2D eigenvalue weighted by Gasteiger charge is 2.13. The van der Waals surface area contributed by atoms with Gasteiger partial charge in [0.15, 0.2) is 0 Å². The Morgan fingerprint density at radius 3 is 3.21 bits per heavy atom. The zero-order chi connectivity index (χ0) is 9.97. The normalized spacial score (nSPS) is 14.1. The number of nitrogens with one attached hydrogen (secondary N) is 1. The molecule has 0 unspecified atom stereocenters. The second kappa shape index (κ2) is 3.67. The molecular weight excluding hydrogens is 182 g/mol. The van der Waals surface area contributed by atoms with Crippen molar-refractivity contribution in [1.82, 2.24) is 5.32 Å². The van der Waals surface area contributed by atoms with Crippen molar-refractivity contribution in [3.8, 4) is 5.75 Å². The summed E-state index contributed by atoms with van der Waals surface area (Å²) in [4.78, 5) is 11.2. The lowest BCUT2D eigenvalue weighted by Gasteiger charge is -2.18. The zero-order valence-corrected chi connectivity index (χ0v) is 7.87. The summed E-state index contributed by atoms with van der Waals surface area (Å²) in [6.07, 6.45) is 0. The van der Waals surface area contributed by atoms with Crippen LogP contribution < -0.4 is 10.1 Å². The van der Waals surface area contributed by atoms with Gasteiger partial charge in [-0.1, -0.05) is 0 Å². The first kappa shape index (κ1) is 9.02. The molecule has 14 heavy (non-hydrogen) atoms. The third-order valence-electron chi connectivity index (χ3n) is 2.13. The van der Waals surface area contributed by atoms with E-state index >= 15 is 0 Å². The molecule has 0 fully saturated rings. The van der Waals surface area contributed by atoms with Crippen LogP contribution in [0.5, 0.6) is 5.75 Å². The minimum absolute atomic E-state index is 0.321. The Hall–Kier alpha value is -1.55. The van der Waals surface area contributed by atoms with Crippen molar-refractivity contribution in [2.75, 3.05) is 13.8 Å². The van der Waals surface area contributed by atoms with Crippen molar-refractivity contribution in [3.63, 3.8) is 0 Å². The standard InChI is InChI=1S/C10H11NO3/c1-13-10(12)7-2-3-9-8(4-7)5-11-6-14-9/h2-4,11H,5-6H2,1H3. The van der Waals surface area contributed by atoms with Gasteiger partial charge in [0.05, 0.1) is 12.7 Å². The number of benzene rings is 1. The number of rotatable bonds is 1. The van der Waals surface area contributed by atoms with E-state index in [4.69, 9.17) is 4.74 Å². The Kier molecular flexibility index (Phi) is 2.37. The summed E-state index contributed by atoms with van der Waals surface area (Å²) < 4.78 is 9.96. The summed E-state index contributed by atoms with van der Waals surface area (Å²) in [7, 11) is 1.37. The van der Waals surface area contributed by atoms with Crippen LogP contribution in [0.2, 0.25) is 0 Å². The summed E-state index contributed by atoms with van der Waals surface area (Å²) in [5, 5.41) is 3.05. The van der Waals surface area contributed by atoms with Crippen LogP contribution in [-0.4, -0.2) is 19.8 Å². The van der Waals surface area contributed by atoms with Crippen LogP contribution in [0.25, 0.3) is 0 Å². The fraction of sp³-hybridized carbons (Fsp3) is 0.300. The van der Waals surface area contributed by atoms with Crippen LogP contribution in [0.3, 0.4) is 0 Å². The number of esters is 1. The first-order chi connectivity index (χ1) is 6.81. The largest absolute Gasteiger partial charge is 0.478 e. The molecule has 0 amide bonds. The Labute approximate surface area is 81.8 Å². The fourth-order valence-electron chi connectivity index (χ4n) is 1.42. The van der Waals surface area contributed by atoms with E-state index in [-0.39, 0.29) is 5.97 Å². The highest BCUT2D eigenvalue weighted by molar-refractivity contribution is 5.89. The highest BCUT2D eigenvalue weighted by atomic mass is 16.5. The summed E-state index contributed by atoms with van der Waals surface area (Å²) in [5.41, 5.74) is 1.54. The molecule has 1 aliphatic heterocycles. The van der Waals surface area contributed by atoms with E-state index in [1.165, 1.54) is 7.11 Å². The van der Waals surface area contributed by atoms with Crippen LogP contribution in [0.1, 0.15) is 15.9 Å². The topological polar surface area (TPSA) is 47.6 Å². The van der Waals surface area contributed by atoms with E-state index in [0.29, 0.717) is 12.3 Å². The van der Waals surface area contributed by atoms with E-state index in [2.05, 4.69) is 10.1 Å². The summed E-state index contributed by atoms with van der Waals surface area (Å²) in [6.45, 7) is 1.24. The molecule has 0 bridgehead atoms. The molecule has 0 saturated heterocycles. The van der Waals surface area contributed by atoms with Crippen LogP contribution >= 0.6 is 0 Å². The van der Waals surface area contributed by atoms with Gasteiger partial charge in [0, 0.05) is 12.1 Å². The summed E-state index contributed by atoms with van der Waals surface area (Å²) in [5.74, 6) is 0.509. The van der Waals surface area contributed by atoms with Gasteiger partial charge in [0.25, 0.3) is 0 Å². The number of hydrogen-bond acceptors (Lipinski definition) is 4. The van der Waals surface area contributed by atoms with Gasteiger partial charge in [-0.2, -0.15) is 0 Å². The summed E-state index contributed by atoms with van der Waals surface area (Å²) in [6, 6.07) is 5.28. The van der Waals surface area contributed by atoms with Gasteiger partial charge < -0.3 is 9.47 Å². The predicted octanol–water partition coefficient (Wildman–Crippen LogP) is 0.913. The molecular formula is C10H11NO3. The minimum atomic E-state index is -0.321. The maximum Gasteiger partial charge on any atom is 0.337 e. The first-order valence-corrected chi connectivity index (χ1v) is 4.36. The van der Waals surface area contributed by atoms with Gasteiger partial charge in [0.2, 0.25) is 0 Å². The Balaban J connectivity index is 2.33. The lowest BCUT2D eigenvalue weighted by molar-refractivity contribution is 0.0600. The molecule has 74 valence electrons. The molecule has 1 aromatic rings. The molecule has 0 atom stereocenters. The molecule has 4 heteroatoms. The maximum absolute atomic E-state index is 11.2. The van der Waals surface area contributed by atoms with Crippen molar-refractivity contribution >= 4 is 5.97 Å². The number of carbonyl (C=O) groups excluding carboxylic acids is 1. The highest BCUT2D eigenvalue weighted by Crippen LogP contribution is 2.22. The molecule has 2 rings (SSSR count). The molecule has 0 spiro atoms. The van der Waals surface area contributed by atoms with E-state index in [1.54, 1.807) is 18.2 Å². The number of fused-ring (bicyclic) bond motifs is 1. The van der Waals surface area contributed by atoms with Gasteiger partial charge in [-0.3, -0.25) is 5.32 Å². The lowest BCUT2D eigenvalue weighted by atomic mass is 10.1. The molecule has 1 aliphatic rings. The van der Waals surface area contributed by atoms with Gasteiger partial charge in [-0.05, 0) is 18.2 Å². The van der Waals surface area contributed by atoms with Crippen molar-refractivity contribution in [2.45, 2.75) is 6.54 Å². The van der Waals surface area contributed by atoms with Crippen LogP contribution in [0.15, 0.2) is 18.2 Å². The van der Waals surface area contributed by atoms with Crippen LogP contribution in [0.4, 0.5) is 0 Å². The average Bonchev–Trinajstić information content (AvgIpc) is 2.27. The first-order valence-electron chi connectivity index (χ1n) is 4.36. The molecule has 4 nitrogen and oxygen atoms in total. The van der Waals surface area contributed by atoms with Gasteiger partial charge >= 0.3 is 5.97 Å². The van der Waals surface area contributed by atoms with E-state index in [9.17, 15) is 4.79 Å². The number of carbonyl (C=O) groups is 1. The number of hydrogen-bond donors (Lipinski definition) is 1. The Morgan fingerprint density at radius 1 is 1.57 bits per heavy atom. The van der Waals surface area contributed by atoms with Gasteiger partial charge in [0.1, 0.15) is 12.5 Å². The molecule has 0 saturated carbocycles. The van der Waals surface area contributed by atoms with Crippen molar-refractivity contribution in [2.24, 2.45) is 0 Å². The molecule has 0 radical (unpaired) electrons. The average molecular weight is 193 g/mol. The zero-order valence-electron chi connectivity index (χ0n) is 7.87. The fourth-order valence-corrected chi connectivity index (χ4v) is 1.42. The summed E-state index contributed by atoms with van der Waals surface area (Å²) >= 11 is 0. The monoisotopic (exact) mass is 193 g/mol. The minimum Gasteiger partial charge on any atom is -0.478 e. The van der Waals surface area contributed by atoms with Crippen molar-refractivity contribution < 1.29 is 14.3 Å². The third-order valence-corrected chi connectivity index (χ3v) is 2.13. The third kappa shape index (κ3) is 1.56. The number of methoxy groups -OCH3 is 1. The molecule has 0 aliphatic carbocycles. The van der Waals surface area contributed by atoms with Gasteiger partial charge in [-0.25, -0.2) is 4.79 Å². The SMILES string of the molecule is COC(=O)c1ccc2c(c1)CNCO2. The smallest absolute Gasteiger partial charge is 0.337 e. The van der Waals surface area contributed by atoms with E-state index < -0.39 is 0 Å². The van der Waals surface area contributed by atoms with Gasteiger partial charge in [-0.15, -0.1) is 0 Å². The molecule has 1 N–H and O–H groups in total. The second-order valence-corrected chi connectivity index (χ2v) is 3.03. The molecule has 1 heterocycles. The quantitative estimate of drug-likeness (QED) is 0.673. The lowest BCUT2D eigenvalue weighted by Crippen LogP contribution is -2.25. The maximum atomic E-state index is 11.2. The van der Waals surface area contributed by atoms with Crippen LogP contribution in [0, 0.1) is 0 Å². The van der Waals surface area contributed by atoms with Crippen molar-refractivity contribution in [1.29, 1.82) is 0 Å².